The summed E-state index contributed by atoms with van der Waals surface area (Å²) in [4.78, 5) is 4.02. The number of anilines is 1. The first-order chi connectivity index (χ1) is 4.79. The quantitative estimate of drug-likeness (QED) is 0.604. The zero-order valence-electron chi connectivity index (χ0n) is 6.04. The molecule has 0 saturated carbocycles. The van der Waals surface area contributed by atoms with Crippen molar-refractivity contribution in [3.05, 3.63) is 12.0 Å². The Morgan fingerprint density at radius 3 is 2.80 bits per heavy atom. The third kappa shape index (κ3) is 0.974. The minimum absolute atomic E-state index is 0.449. The molecule has 1 heterocycles. The van der Waals surface area contributed by atoms with E-state index in [-0.39, 0.29) is 0 Å². The lowest BCUT2D eigenvalue weighted by Crippen LogP contribution is -2.09. The zero-order chi connectivity index (χ0) is 7.56. The molecule has 0 atom stereocenters. The molecule has 4 N–H and O–H groups in total. The standard InChI is InChI=1S/C6H12N4/c1-2-10-5(8)4-9-6(10)3-7/h4H,2-3,7-8H2,1H3. The van der Waals surface area contributed by atoms with E-state index in [0.717, 1.165) is 12.4 Å². The summed E-state index contributed by atoms with van der Waals surface area (Å²) in [5.41, 5.74) is 11.0. The van der Waals surface area contributed by atoms with E-state index in [1.807, 2.05) is 11.5 Å². The molecule has 0 fully saturated rings. The normalized spacial score (nSPS) is 10.2. The number of nitrogens with zero attached hydrogens (tertiary/aromatic N) is 2. The van der Waals surface area contributed by atoms with Gasteiger partial charge in [0.2, 0.25) is 0 Å². The molecule has 0 aliphatic heterocycles. The molecule has 1 rings (SSSR count). The van der Waals surface area contributed by atoms with Gasteiger partial charge < -0.3 is 16.0 Å². The molecule has 0 bridgehead atoms. The molecule has 0 spiro atoms. The van der Waals surface area contributed by atoms with Crippen molar-refractivity contribution in [3.8, 4) is 0 Å². The van der Waals surface area contributed by atoms with Crippen LogP contribution in [-0.2, 0) is 13.1 Å². The van der Waals surface area contributed by atoms with Gasteiger partial charge in [0.25, 0.3) is 0 Å². The first kappa shape index (κ1) is 7.08. The lowest BCUT2D eigenvalue weighted by atomic mass is 10.5. The van der Waals surface area contributed by atoms with Crippen LogP contribution >= 0.6 is 0 Å². The van der Waals surface area contributed by atoms with Gasteiger partial charge in [-0.15, -0.1) is 0 Å². The van der Waals surface area contributed by atoms with E-state index < -0.39 is 0 Å². The molecule has 0 aliphatic carbocycles. The smallest absolute Gasteiger partial charge is 0.124 e. The first-order valence-electron chi connectivity index (χ1n) is 3.29. The Balaban J connectivity index is 3.01. The Labute approximate surface area is 59.8 Å². The fourth-order valence-electron chi connectivity index (χ4n) is 0.957. The van der Waals surface area contributed by atoms with Crippen molar-refractivity contribution in [3.63, 3.8) is 0 Å². The van der Waals surface area contributed by atoms with Crippen molar-refractivity contribution in [1.82, 2.24) is 9.55 Å². The second kappa shape index (κ2) is 2.70. The number of hydrogen-bond acceptors (Lipinski definition) is 3. The van der Waals surface area contributed by atoms with Gasteiger partial charge in [-0.3, -0.25) is 0 Å². The van der Waals surface area contributed by atoms with E-state index in [2.05, 4.69) is 4.98 Å². The highest BCUT2D eigenvalue weighted by Crippen LogP contribution is 2.05. The van der Waals surface area contributed by atoms with Crippen LogP contribution in [0.15, 0.2) is 6.20 Å². The predicted octanol–water partition coefficient (Wildman–Crippen LogP) is -0.0561. The van der Waals surface area contributed by atoms with Crippen LogP contribution in [0, 0.1) is 0 Å². The average Bonchev–Trinajstić information content (AvgIpc) is 2.30. The highest BCUT2D eigenvalue weighted by Gasteiger charge is 2.01. The molecular weight excluding hydrogens is 128 g/mol. The summed E-state index contributed by atoms with van der Waals surface area (Å²) in [7, 11) is 0. The van der Waals surface area contributed by atoms with E-state index in [1.54, 1.807) is 6.20 Å². The monoisotopic (exact) mass is 140 g/mol. The van der Waals surface area contributed by atoms with Crippen molar-refractivity contribution in [2.75, 3.05) is 5.73 Å². The largest absolute Gasteiger partial charge is 0.384 e. The van der Waals surface area contributed by atoms with Gasteiger partial charge in [-0.05, 0) is 6.92 Å². The van der Waals surface area contributed by atoms with Crippen molar-refractivity contribution < 1.29 is 0 Å². The van der Waals surface area contributed by atoms with Crippen LogP contribution in [0.25, 0.3) is 0 Å². The predicted molar refractivity (Wildman–Crippen MR) is 40.2 cm³/mol. The Morgan fingerprint density at radius 1 is 1.70 bits per heavy atom. The molecule has 4 nitrogen and oxygen atoms in total. The minimum atomic E-state index is 0.449. The summed E-state index contributed by atoms with van der Waals surface area (Å²) >= 11 is 0. The average molecular weight is 140 g/mol. The molecule has 0 unspecified atom stereocenters. The van der Waals surface area contributed by atoms with Gasteiger partial charge in [-0.2, -0.15) is 0 Å². The van der Waals surface area contributed by atoms with Gasteiger partial charge in [0.15, 0.2) is 0 Å². The van der Waals surface area contributed by atoms with Crippen LogP contribution in [0.5, 0.6) is 0 Å². The van der Waals surface area contributed by atoms with E-state index in [4.69, 9.17) is 11.5 Å². The number of nitrogen functional groups attached to an aromatic ring is 1. The van der Waals surface area contributed by atoms with Crippen LogP contribution in [0.2, 0.25) is 0 Å². The molecular formula is C6H12N4. The van der Waals surface area contributed by atoms with Crippen molar-refractivity contribution >= 4 is 5.82 Å². The van der Waals surface area contributed by atoms with Crippen molar-refractivity contribution in [2.45, 2.75) is 20.0 Å². The van der Waals surface area contributed by atoms with Gasteiger partial charge in [0.1, 0.15) is 11.6 Å². The lowest BCUT2D eigenvalue weighted by molar-refractivity contribution is 0.707. The summed E-state index contributed by atoms with van der Waals surface area (Å²) in [6.45, 7) is 3.29. The Kier molecular flexibility index (Phi) is 1.91. The number of aromatic nitrogens is 2. The maximum Gasteiger partial charge on any atom is 0.124 e. The van der Waals surface area contributed by atoms with Gasteiger partial charge >= 0.3 is 0 Å². The second-order valence-corrected chi connectivity index (χ2v) is 2.05. The number of hydrogen-bond donors (Lipinski definition) is 2. The summed E-state index contributed by atoms with van der Waals surface area (Å²) in [5.74, 6) is 1.53. The lowest BCUT2D eigenvalue weighted by Gasteiger charge is -2.02. The number of imidazole rings is 1. The number of rotatable bonds is 2. The maximum absolute atomic E-state index is 5.57. The Hall–Kier alpha value is -1.03. The van der Waals surface area contributed by atoms with Crippen LogP contribution in [0.4, 0.5) is 5.82 Å². The van der Waals surface area contributed by atoms with Crippen LogP contribution in [0.3, 0.4) is 0 Å². The molecule has 0 amide bonds. The summed E-state index contributed by atoms with van der Waals surface area (Å²) in [5, 5.41) is 0. The first-order valence-corrected chi connectivity index (χ1v) is 3.29. The van der Waals surface area contributed by atoms with E-state index in [1.165, 1.54) is 0 Å². The summed E-state index contributed by atoms with van der Waals surface area (Å²) in [6.07, 6.45) is 1.63. The van der Waals surface area contributed by atoms with Crippen LogP contribution in [0.1, 0.15) is 12.7 Å². The second-order valence-electron chi connectivity index (χ2n) is 2.05. The molecule has 0 radical (unpaired) electrons. The topological polar surface area (TPSA) is 69.9 Å². The third-order valence-corrected chi connectivity index (χ3v) is 1.47. The van der Waals surface area contributed by atoms with Gasteiger partial charge in [-0.25, -0.2) is 4.98 Å². The van der Waals surface area contributed by atoms with Gasteiger partial charge in [-0.1, -0.05) is 0 Å². The molecule has 4 heteroatoms. The molecule has 0 aliphatic rings. The summed E-state index contributed by atoms with van der Waals surface area (Å²) < 4.78 is 1.89. The van der Waals surface area contributed by atoms with Crippen molar-refractivity contribution in [1.29, 1.82) is 0 Å². The Morgan fingerprint density at radius 2 is 2.40 bits per heavy atom. The van der Waals surface area contributed by atoms with Gasteiger partial charge in [0.05, 0.1) is 12.7 Å². The summed E-state index contributed by atoms with van der Waals surface area (Å²) in [6, 6.07) is 0. The molecule has 0 saturated heterocycles. The highest BCUT2D eigenvalue weighted by molar-refractivity contribution is 5.27. The van der Waals surface area contributed by atoms with Crippen molar-refractivity contribution in [2.24, 2.45) is 5.73 Å². The van der Waals surface area contributed by atoms with Gasteiger partial charge in [0, 0.05) is 6.54 Å². The SMILES string of the molecule is CCn1c(N)cnc1CN. The minimum Gasteiger partial charge on any atom is -0.384 e. The maximum atomic E-state index is 5.57. The number of nitrogens with two attached hydrogens (primary N) is 2. The highest BCUT2D eigenvalue weighted by atomic mass is 15.1. The Bertz CT molecular complexity index is 216. The van der Waals surface area contributed by atoms with Crippen LogP contribution in [-0.4, -0.2) is 9.55 Å². The zero-order valence-corrected chi connectivity index (χ0v) is 6.04. The molecule has 56 valence electrons. The molecule has 1 aromatic rings. The van der Waals surface area contributed by atoms with E-state index >= 15 is 0 Å². The van der Waals surface area contributed by atoms with E-state index in [9.17, 15) is 0 Å². The fraction of sp³-hybridized carbons (Fsp3) is 0.500. The fourth-order valence-corrected chi connectivity index (χ4v) is 0.957. The van der Waals surface area contributed by atoms with E-state index in [0.29, 0.717) is 12.4 Å². The molecule has 1 aromatic heterocycles. The van der Waals surface area contributed by atoms with Crippen LogP contribution < -0.4 is 11.5 Å². The molecule has 0 aromatic carbocycles. The molecule has 10 heavy (non-hydrogen) atoms. The third-order valence-electron chi connectivity index (χ3n) is 1.47.